The van der Waals surface area contributed by atoms with Gasteiger partial charge < -0.3 is 5.11 Å². The van der Waals surface area contributed by atoms with Gasteiger partial charge in [0, 0.05) is 5.41 Å². The van der Waals surface area contributed by atoms with Crippen molar-refractivity contribution in [3.8, 4) is 0 Å². The van der Waals surface area contributed by atoms with Crippen LogP contribution in [0.3, 0.4) is 0 Å². The van der Waals surface area contributed by atoms with Crippen LogP contribution in [0.15, 0.2) is 11.6 Å². The highest BCUT2D eigenvalue weighted by molar-refractivity contribution is 6.01. The van der Waals surface area contributed by atoms with E-state index in [9.17, 15) is 14.7 Å². The van der Waals surface area contributed by atoms with E-state index in [0.29, 0.717) is 17.4 Å². The molecule has 2 fully saturated rings. The lowest BCUT2D eigenvalue weighted by molar-refractivity contribution is -0.177. The smallest absolute Gasteiger partial charge is 0.170 e. The van der Waals surface area contributed by atoms with Gasteiger partial charge in [0.05, 0.1) is 5.92 Å². The molecule has 18 heavy (non-hydrogen) atoms. The summed E-state index contributed by atoms with van der Waals surface area (Å²) in [5.41, 5.74) is 0.420. The van der Waals surface area contributed by atoms with Crippen molar-refractivity contribution in [1.82, 2.24) is 0 Å². The predicted octanol–water partition coefficient (Wildman–Crippen LogP) is 1.74. The highest BCUT2D eigenvalue weighted by Crippen LogP contribution is 2.64. The Bertz CT molecular complexity index is 462. The molecule has 1 N–H and O–H groups in total. The van der Waals surface area contributed by atoms with Crippen LogP contribution >= 0.6 is 0 Å². The minimum absolute atomic E-state index is 0.168. The van der Waals surface area contributed by atoms with Gasteiger partial charge in [0.1, 0.15) is 12.4 Å². The first-order chi connectivity index (χ1) is 8.31. The summed E-state index contributed by atoms with van der Waals surface area (Å²) in [6.07, 6.45) is 4.00. The molecule has 0 heterocycles. The van der Waals surface area contributed by atoms with Crippen LogP contribution in [0.25, 0.3) is 0 Å². The molecule has 0 radical (unpaired) electrons. The molecule has 0 aliphatic heterocycles. The van der Waals surface area contributed by atoms with Crippen LogP contribution in [0.4, 0.5) is 0 Å². The van der Waals surface area contributed by atoms with Gasteiger partial charge in [-0.2, -0.15) is 0 Å². The summed E-state index contributed by atoms with van der Waals surface area (Å²) in [5, 5.41) is 10.1. The molecule has 0 saturated heterocycles. The molecule has 0 aromatic heterocycles. The molecule has 0 bridgehead atoms. The molecule has 0 aromatic rings. The van der Waals surface area contributed by atoms with E-state index in [1.54, 1.807) is 0 Å². The van der Waals surface area contributed by atoms with Crippen molar-refractivity contribution in [3.05, 3.63) is 11.6 Å². The van der Waals surface area contributed by atoms with Crippen molar-refractivity contribution >= 4 is 12.1 Å². The van der Waals surface area contributed by atoms with Gasteiger partial charge in [0.2, 0.25) is 0 Å². The maximum Gasteiger partial charge on any atom is 0.170 e. The van der Waals surface area contributed by atoms with E-state index >= 15 is 0 Å². The van der Waals surface area contributed by atoms with Gasteiger partial charge in [-0.1, -0.05) is 26.8 Å². The number of allylic oxidation sites excluding steroid dienone is 2. The third-order valence-corrected chi connectivity index (χ3v) is 5.52. The molecule has 2 saturated carbocycles. The Kier molecular flexibility index (Phi) is 2.23. The van der Waals surface area contributed by atoms with Crippen molar-refractivity contribution in [2.24, 2.45) is 28.6 Å². The molecule has 0 spiro atoms. The van der Waals surface area contributed by atoms with E-state index in [-0.39, 0.29) is 17.1 Å². The number of ketones is 1. The fraction of sp³-hybridized carbons (Fsp3) is 0.733. The van der Waals surface area contributed by atoms with Crippen molar-refractivity contribution in [3.63, 3.8) is 0 Å². The van der Waals surface area contributed by atoms with E-state index in [0.717, 1.165) is 19.1 Å². The Morgan fingerprint density at radius 1 is 1.33 bits per heavy atom. The lowest BCUT2D eigenvalue weighted by Gasteiger charge is -2.57. The van der Waals surface area contributed by atoms with E-state index in [1.165, 1.54) is 0 Å². The molecule has 98 valence electrons. The number of hydrogen-bond donors (Lipinski definition) is 1. The fourth-order valence-electron chi connectivity index (χ4n) is 4.69. The lowest BCUT2D eigenvalue weighted by atomic mass is 9.46. The number of aliphatic hydroxyl groups is 1. The van der Waals surface area contributed by atoms with Crippen molar-refractivity contribution in [1.29, 1.82) is 0 Å². The molecule has 3 aliphatic carbocycles. The van der Waals surface area contributed by atoms with Gasteiger partial charge in [-0.15, -0.1) is 0 Å². The zero-order valence-electron chi connectivity index (χ0n) is 11.1. The van der Waals surface area contributed by atoms with Gasteiger partial charge in [0.25, 0.3) is 0 Å². The molecule has 3 rings (SSSR count). The van der Waals surface area contributed by atoms with Gasteiger partial charge in [-0.3, -0.25) is 9.59 Å². The van der Waals surface area contributed by atoms with Crippen LogP contribution in [0, 0.1) is 28.6 Å². The zero-order valence-corrected chi connectivity index (χ0v) is 11.1. The summed E-state index contributed by atoms with van der Waals surface area (Å²) in [6, 6.07) is 0. The predicted molar refractivity (Wildman–Crippen MR) is 66.8 cm³/mol. The molecule has 0 amide bonds. The molecular weight excluding hydrogens is 228 g/mol. The number of aldehydes is 1. The third kappa shape index (κ3) is 1.23. The van der Waals surface area contributed by atoms with Crippen molar-refractivity contribution in [2.45, 2.75) is 39.7 Å². The number of Topliss-reactive ketones (excluding diaryl/α,β-unsaturated/α-hetero) is 1. The van der Waals surface area contributed by atoms with Crippen LogP contribution in [0.2, 0.25) is 0 Å². The number of fused-ring (bicyclic) bond motifs is 3. The Morgan fingerprint density at radius 3 is 2.61 bits per heavy atom. The number of rotatable bonds is 1. The minimum atomic E-state index is -0.882. The second-order valence-electron chi connectivity index (χ2n) is 7.23. The monoisotopic (exact) mass is 248 g/mol. The van der Waals surface area contributed by atoms with E-state index < -0.39 is 11.5 Å². The van der Waals surface area contributed by atoms with Crippen LogP contribution < -0.4 is 0 Å². The molecule has 0 aromatic carbocycles. The topological polar surface area (TPSA) is 54.4 Å². The molecule has 3 aliphatic rings. The Balaban J connectivity index is 2.07. The SMILES string of the molecule is CC1(C)C[C@H]2C=C(C=O)[C@@H]3C(=O)[C@@H](O)[C@]3(C)[C@H]2C1. The summed E-state index contributed by atoms with van der Waals surface area (Å²) in [6.45, 7) is 6.44. The van der Waals surface area contributed by atoms with Crippen LogP contribution in [0.5, 0.6) is 0 Å². The average Bonchev–Trinajstić information content (AvgIpc) is 2.62. The molecule has 5 atom stereocenters. The van der Waals surface area contributed by atoms with E-state index in [2.05, 4.69) is 13.8 Å². The van der Waals surface area contributed by atoms with Gasteiger partial charge in [-0.05, 0) is 35.7 Å². The number of aliphatic hydroxyl groups excluding tert-OH is 1. The van der Waals surface area contributed by atoms with Crippen LogP contribution in [-0.4, -0.2) is 23.3 Å². The third-order valence-electron chi connectivity index (χ3n) is 5.52. The first-order valence-corrected chi connectivity index (χ1v) is 6.70. The number of carbonyl (C=O) groups excluding carboxylic acids is 2. The van der Waals surface area contributed by atoms with Gasteiger partial charge in [-0.25, -0.2) is 0 Å². The standard InChI is InChI=1S/C15H20O3/c1-14(2)5-8-4-9(7-16)11-12(17)13(18)15(11,3)10(8)6-14/h4,7-8,10-11,13,18H,5-6H2,1-3H3/t8-,10+,11-,13-,15-/m1/s1. The number of carbonyl (C=O) groups is 2. The number of hydrogen-bond acceptors (Lipinski definition) is 3. The summed E-state index contributed by atoms with van der Waals surface area (Å²) in [4.78, 5) is 23.1. The fourth-order valence-corrected chi connectivity index (χ4v) is 4.69. The Hall–Kier alpha value is -0.960. The van der Waals surface area contributed by atoms with Gasteiger partial charge >= 0.3 is 0 Å². The molecule has 3 heteroatoms. The molecule has 0 unspecified atom stereocenters. The van der Waals surface area contributed by atoms with Crippen molar-refractivity contribution in [2.75, 3.05) is 0 Å². The average molecular weight is 248 g/mol. The normalized spacial score (nSPS) is 48.9. The van der Waals surface area contributed by atoms with E-state index in [1.807, 2.05) is 13.0 Å². The second-order valence-corrected chi connectivity index (χ2v) is 7.23. The van der Waals surface area contributed by atoms with E-state index in [4.69, 9.17) is 0 Å². The maximum atomic E-state index is 11.9. The Labute approximate surface area is 107 Å². The summed E-state index contributed by atoms with van der Waals surface area (Å²) < 4.78 is 0. The lowest BCUT2D eigenvalue weighted by Crippen LogP contribution is -2.66. The first kappa shape index (κ1) is 12.1. The van der Waals surface area contributed by atoms with Crippen LogP contribution in [-0.2, 0) is 9.59 Å². The van der Waals surface area contributed by atoms with Crippen molar-refractivity contribution < 1.29 is 14.7 Å². The maximum absolute atomic E-state index is 11.9. The second kappa shape index (κ2) is 3.32. The zero-order chi connectivity index (χ0) is 13.3. The molecule has 3 nitrogen and oxygen atoms in total. The first-order valence-electron chi connectivity index (χ1n) is 6.70. The largest absolute Gasteiger partial charge is 0.385 e. The molecular formula is C15H20O3. The van der Waals surface area contributed by atoms with Gasteiger partial charge in [0.15, 0.2) is 5.78 Å². The quantitative estimate of drug-likeness (QED) is 0.719. The highest BCUT2D eigenvalue weighted by atomic mass is 16.3. The Morgan fingerprint density at radius 2 is 2.00 bits per heavy atom. The summed E-state index contributed by atoms with van der Waals surface area (Å²) in [5.74, 6) is 0.136. The summed E-state index contributed by atoms with van der Waals surface area (Å²) >= 11 is 0. The summed E-state index contributed by atoms with van der Waals surface area (Å²) in [7, 11) is 0. The highest BCUT2D eigenvalue weighted by Gasteiger charge is 2.67. The minimum Gasteiger partial charge on any atom is -0.385 e. The van der Waals surface area contributed by atoms with Crippen LogP contribution in [0.1, 0.15) is 33.6 Å².